The number of thioether (sulfide) groups is 2. The third-order valence-corrected chi connectivity index (χ3v) is 7.51. The zero-order valence-electron chi connectivity index (χ0n) is 19.7. The molecule has 0 aliphatic carbocycles. The van der Waals surface area contributed by atoms with Crippen LogP contribution >= 0.6 is 23.5 Å². The highest BCUT2D eigenvalue weighted by Gasteiger charge is 2.23. The molecule has 0 radical (unpaired) electrons. The summed E-state index contributed by atoms with van der Waals surface area (Å²) >= 11 is 2.93. The number of nitrogens with zero attached hydrogens (tertiary/aromatic N) is 6. The van der Waals surface area contributed by atoms with Crippen molar-refractivity contribution in [3.8, 4) is 0 Å². The summed E-state index contributed by atoms with van der Waals surface area (Å²) in [5, 5.41) is 10.2. The van der Waals surface area contributed by atoms with Crippen LogP contribution in [0.5, 0.6) is 0 Å². The van der Waals surface area contributed by atoms with Crippen molar-refractivity contribution < 1.29 is 9.21 Å². The van der Waals surface area contributed by atoms with Crippen molar-refractivity contribution in [3.05, 3.63) is 77.3 Å². The van der Waals surface area contributed by atoms with E-state index < -0.39 is 0 Å². The van der Waals surface area contributed by atoms with Crippen LogP contribution in [0, 0.1) is 13.8 Å². The molecule has 1 amide bonds. The van der Waals surface area contributed by atoms with Crippen LogP contribution in [0.3, 0.4) is 0 Å². The molecule has 0 unspecified atom stereocenters. The number of hydrogen-bond donors (Lipinski definition) is 0. The van der Waals surface area contributed by atoms with Gasteiger partial charge < -0.3 is 9.32 Å². The molecule has 0 fully saturated rings. The molecule has 1 aliphatic rings. The van der Waals surface area contributed by atoms with E-state index in [0.717, 1.165) is 48.0 Å². The van der Waals surface area contributed by atoms with Crippen molar-refractivity contribution in [2.75, 3.05) is 17.2 Å². The fourth-order valence-corrected chi connectivity index (χ4v) is 5.86. The molecule has 180 valence electrons. The van der Waals surface area contributed by atoms with Crippen molar-refractivity contribution in [2.45, 2.75) is 49.3 Å². The van der Waals surface area contributed by atoms with E-state index in [1.807, 2.05) is 59.7 Å². The Bertz CT molecular complexity index is 1300. The Hall–Kier alpha value is -3.11. The Morgan fingerprint density at radius 1 is 1.06 bits per heavy atom. The minimum Gasteiger partial charge on any atom is -0.467 e. The largest absolute Gasteiger partial charge is 0.467 e. The van der Waals surface area contributed by atoms with Crippen LogP contribution < -0.4 is 4.90 Å². The van der Waals surface area contributed by atoms with Gasteiger partial charge in [-0.25, -0.2) is 9.97 Å². The Balaban J connectivity index is 1.32. The van der Waals surface area contributed by atoms with Crippen LogP contribution in [-0.4, -0.2) is 42.9 Å². The lowest BCUT2D eigenvalue weighted by atomic mass is 10.0. The predicted octanol–water partition coefficient (Wildman–Crippen LogP) is 4.69. The highest BCUT2D eigenvalue weighted by molar-refractivity contribution is 7.99. The Labute approximate surface area is 212 Å². The maximum Gasteiger partial charge on any atom is 0.237 e. The number of carbonyl (C=O) groups is 1. The van der Waals surface area contributed by atoms with E-state index in [2.05, 4.69) is 26.2 Å². The van der Waals surface area contributed by atoms with Crippen molar-refractivity contribution in [3.63, 3.8) is 0 Å². The summed E-state index contributed by atoms with van der Waals surface area (Å²) in [6, 6.07) is 13.9. The number of aryl methyl sites for hydroxylation is 3. The zero-order valence-corrected chi connectivity index (χ0v) is 21.3. The highest BCUT2D eigenvalue weighted by Crippen LogP contribution is 2.29. The van der Waals surface area contributed by atoms with Crippen LogP contribution in [0.15, 0.2) is 63.5 Å². The van der Waals surface area contributed by atoms with Gasteiger partial charge in [0.1, 0.15) is 11.6 Å². The van der Waals surface area contributed by atoms with E-state index >= 15 is 0 Å². The Morgan fingerprint density at radius 3 is 2.69 bits per heavy atom. The quantitative estimate of drug-likeness (QED) is 0.251. The third-order valence-electron chi connectivity index (χ3n) is 5.72. The molecule has 0 N–H and O–H groups in total. The van der Waals surface area contributed by atoms with E-state index in [1.54, 1.807) is 6.26 Å². The molecule has 0 atom stereocenters. The lowest BCUT2D eigenvalue weighted by molar-refractivity contribution is -0.116. The van der Waals surface area contributed by atoms with E-state index in [0.29, 0.717) is 22.6 Å². The number of aromatic nitrogens is 5. The second-order valence-corrected chi connectivity index (χ2v) is 10.2. The molecule has 0 saturated heterocycles. The number of anilines is 1. The third kappa shape index (κ3) is 5.59. The summed E-state index contributed by atoms with van der Waals surface area (Å²) < 4.78 is 7.59. The molecule has 4 heterocycles. The summed E-state index contributed by atoms with van der Waals surface area (Å²) in [4.78, 5) is 24.1. The van der Waals surface area contributed by atoms with Crippen LogP contribution in [0.4, 0.5) is 5.69 Å². The van der Waals surface area contributed by atoms with Gasteiger partial charge in [-0.05, 0) is 56.5 Å². The van der Waals surface area contributed by atoms with Crippen molar-refractivity contribution in [1.82, 2.24) is 24.7 Å². The van der Waals surface area contributed by atoms with Gasteiger partial charge in [0.25, 0.3) is 0 Å². The van der Waals surface area contributed by atoms with Crippen molar-refractivity contribution >= 4 is 35.1 Å². The molecule has 0 bridgehead atoms. The SMILES string of the molecule is Cc1cc(C)nc(SCc2nnc(SCC(=O)N3CCCc4ccccc43)n2Cc2ccco2)n1. The second-order valence-electron chi connectivity index (χ2n) is 8.35. The van der Waals surface area contributed by atoms with Gasteiger partial charge in [0, 0.05) is 23.6 Å². The summed E-state index contributed by atoms with van der Waals surface area (Å²) in [5.41, 5.74) is 4.12. The maximum absolute atomic E-state index is 13.2. The van der Waals surface area contributed by atoms with Gasteiger partial charge in [0.15, 0.2) is 10.3 Å². The first-order valence-electron chi connectivity index (χ1n) is 11.5. The van der Waals surface area contributed by atoms with Crippen molar-refractivity contribution in [1.29, 1.82) is 0 Å². The molecule has 35 heavy (non-hydrogen) atoms. The molecular formula is C25H26N6O2S2. The van der Waals surface area contributed by atoms with E-state index in [1.165, 1.54) is 29.1 Å². The molecule has 5 rings (SSSR count). The topological polar surface area (TPSA) is 89.9 Å². The number of para-hydroxylation sites is 1. The number of rotatable bonds is 8. The normalized spacial score (nSPS) is 13.1. The highest BCUT2D eigenvalue weighted by atomic mass is 32.2. The summed E-state index contributed by atoms with van der Waals surface area (Å²) in [6.45, 7) is 5.16. The number of fused-ring (bicyclic) bond motifs is 1. The molecule has 3 aromatic heterocycles. The number of hydrogen-bond acceptors (Lipinski definition) is 8. The number of benzene rings is 1. The molecule has 8 nitrogen and oxygen atoms in total. The summed E-state index contributed by atoms with van der Waals surface area (Å²) in [7, 11) is 0. The van der Waals surface area contributed by atoms with Gasteiger partial charge in [0.05, 0.1) is 24.3 Å². The summed E-state index contributed by atoms with van der Waals surface area (Å²) in [6.07, 6.45) is 3.64. The van der Waals surface area contributed by atoms with Gasteiger partial charge in [-0.2, -0.15) is 0 Å². The first-order valence-corrected chi connectivity index (χ1v) is 13.4. The minimum absolute atomic E-state index is 0.0780. The number of furan rings is 1. The van der Waals surface area contributed by atoms with Gasteiger partial charge in [-0.1, -0.05) is 41.7 Å². The number of carbonyl (C=O) groups excluding carboxylic acids is 1. The van der Waals surface area contributed by atoms with E-state index in [4.69, 9.17) is 4.42 Å². The summed E-state index contributed by atoms with van der Waals surface area (Å²) in [5.74, 6) is 2.52. The van der Waals surface area contributed by atoms with Gasteiger partial charge in [-0.15, -0.1) is 10.2 Å². The van der Waals surface area contributed by atoms with Crippen molar-refractivity contribution in [2.24, 2.45) is 0 Å². The monoisotopic (exact) mass is 506 g/mol. The van der Waals surface area contributed by atoms with E-state index in [-0.39, 0.29) is 11.7 Å². The van der Waals surface area contributed by atoms with Crippen LogP contribution in [0.2, 0.25) is 0 Å². The smallest absolute Gasteiger partial charge is 0.237 e. The molecule has 1 aliphatic heterocycles. The molecule has 0 spiro atoms. The fourth-order valence-electron chi connectivity index (χ4n) is 4.13. The predicted molar refractivity (Wildman–Crippen MR) is 137 cm³/mol. The molecule has 1 aromatic carbocycles. The minimum atomic E-state index is 0.0780. The second kappa shape index (κ2) is 10.7. The average Bonchev–Trinajstić information content (AvgIpc) is 3.50. The van der Waals surface area contributed by atoms with Crippen LogP contribution in [-0.2, 0) is 23.5 Å². The lowest BCUT2D eigenvalue weighted by Crippen LogP contribution is -2.36. The fraction of sp³-hybridized carbons (Fsp3) is 0.320. The molecular weight excluding hydrogens is 480 g/mol. The van der Waals surface area contributed by atoms with Gasteiger partial charge in [0.2, 0.25) is 5.91 Å². The van der Waals surface area contributed by atoms with Gasteiger partial charge in [-0.3, -0.25) is 9.36 Å². The first kappa shape index (κ1) is 23.6. The molecule has 4 aromatic rings. The Kier molecular flexibility index (Phi) is 7.19. The van der Waals surface area contributed by atoms with Crippen LogP contribution in [0.25, 0.3) is 0 Å². The molecule has 10 heteroatoms. The van der Waals surface area contributed by atoms with Gasteiger partial charge >= 0.3 is 0 Å². The molecule has 0 saturated carbocycles. The first-order chi connectivity index (χ1) is 17.1. The Morgan fingerprint density at radius 2 is 1.89 bits per heavy atom. The maximum atomic E-state index is 13.2. The standard InChI is InChI=1S/C25H26N6O2S2/c1-17-13-18(2)27-24(26-17)34-15-22-28-29-25(31(22)14-20-9-6-12-33-20)35-16-23(32)30-11-5-8-19-7-3-4-10-21(19)30/h3-4,6-7,9-10,12-13H,5,8,11,14-16H2,1-2H3. The van der Waals surface area contributed by atoms with Crippen LogP contribution in [0.1, 0.15) is 35.0 Å². The zero-order chi connectivity index (χ0) is 24.2. The van der Waals surface area contributed by atoms with E-state index in [9.17, 15) is 4.79 Å². The lowest BCUT2D eigenvalue weighted by Gasteiger charge is -2.29. The number of amides is 1. The average molecular weight is 507 g/mol.